The molecule has 5 nitrogen and oxygen atoms in total. The van der Waals surface area contributed by atoms with E-state index in [1.807, 2.05) is 0 Å². The molecule has 1 heterocycles. The zero-order chi connectivity index (χ0) is 14.0. The van der Waals surface area contributed by atoms with E-state index in [2.05, 4.69) is 0 Å². The second kappa shape index (κ2) is 5.60. The number of nitrogens with zero attached hydrogens (tertiary/aromatic N) is 1. The van der Waals surface area contributed by atoms with E-state index in [-0.39, 0.29) is 30.6 Å². The lowest BCUT2D eigenvalue weighted by Crippen LogP contribution is -2.30. The molecule has 2 rings (SSSR count). The van der Waals surface area contributed by atoms with Crippen LogP contribution in [0, 0.1) is 0 Å². The van der Waals surface area contributed by atoms with Crippen molar-refractivity contribution in [3.8, 4) is 11.5 Å². The highest BCUT2D eigenvalue weighted by molar-refractivity contribution is 8.26. The molecule has 1 fully saturated rings. The lowest BCUT2D eigenvalue weighted by Gasteiger charge is -2.11. The quantitative estimate of drug-likeness (QED) is 0.576. The molecule has 0 saturated carbocycles. The van der Waals surface area contributed by atoms with Crippen molar-refractivity contribution < 1.29 is 20.1 Å². The molecule has 0 aliphatic carbocycles. The van der Waals surface area contributed by atoms with Crippen LogP contribution in [0.4, 0.5) is 0 Å². The number of thiocarbonyl (C=S) groups is 1. The topological polar surface area (TPSA) is 81.0 Å². The van der Waals surface area contributed by atoms with Gasteiger partial charge in [0.2, 0.25) is 0 Å². The molecule has 0 bridgehead atoms. The maximum absolute atomic E-state index is 12.0. The van der Waals surface area contributed by atoms with Gasteiger partial charge in [-0.25, -0.2) is 0 Å². The van der Waals surface area contributed by atoms with Crippen LogP contribution in [0.15, 0.2) is 23.1 Å². The van der Waals surface area contributed by atoms with Crippen LogP contribution in [0.25, 0.3) is 6.08 Å². The van der Waals surface area contributed by atoms with Crippen LogP contribution in [0.1, 0.15) is 5.56 Å². The molecule has 0 radical (unpaired) electrons. The highest BCUT2D eigenvalue weighted by Gasteiger charge is 2.31. The van der Waals surface area contributed by atoms with Crippen molar-refractivity contribution in [2.24, 2.45) is 0 Å². The van der Waals surface area contributed by atoms with Crippen molar-refractivity contribution in [3.05, 3.63) is 28.7 Å². The minimum absolute atomic E-state index is 0.0533. The third kappa shape index (κ3) is 2.89. The van der Waals surface area contributed by atoms with Gasteiger partial charge in [0.15, 0.2) is 0 Å². The predicted molar refractivity (Wildman–Crippen MR) is 76.7 cm³/mol. The third-order valence-electron chi connectivity index (χ3n) is 2.50. The van der Waals surface area contributed by atoms with Crippen molar-refractivity contribution in [2.45, 2.75) is 0 Å². The minimum atomic E-state index is -0.295. The molecule has 0 aromatic heterocycles. The lowest BCUT2D eigenvalue weighted by molar-refractivity contribution is -0.122. The number of thioether (sulfide) groups is 1. The molecule has 1 saturated heterocycles. The van der Waals surface area contributed by atoms with E-state index in [1.165, 1.54) is 29.2 Å². The highest BCUT2D eigenvalue weighted by atomic mass is 32.2. The van der Waals surface area contributed by atoms with Gasteiger partial charge in [0, 0.05) is 11.6 Å². The number of rotatable bonds is 3. The Kier molecular flexibility index (Phi) is 4.08. The molecule has 1 aromatic carbocycles. The summed E-state index contributed by atoms with van der Waals surface area (Å²) in [6.07, 6.45) is 1.51. The number of phenols is 2. The first-order valence-corrected chi connectivity index (χ1v) is 6.63. The van der Waals surface area contributed by atoms with Gasteiger partial charge in [-0.15, -0.1) is 0 Å². The molecule has 0 unspecified atom stereocenters. The monoisotopic (exact) mass is 297 g/mol. The van der Waals surface area contributed by atoms with Crippen LogP contribution in [-0.2, 0) is 4.79 Å². The fourth-order valence-corrected chi connectivity index (χ4v) is 2.89. The summed E-state index contributed by atoms with van der Waals surface area (Å²) in [6.45, 7) is -0.00620. The van der Waals surface area contributed by atoms with Crippen molar-refractivity contribution in [1.82, 2.24) is 4.90 Å². The normalized spacial score (nSPS) is 17.5. The van der Waals surface area contributed by atoms with E-state index >= 15 is 0 Å². The van der Waals surface area contributed by atoms with E-state index in [0.717, 1.165) is 11.8 Å². The summed E-state index contributed by atoms with van der Waals surface area (Å²) in [4.78, 5) is 13.7. The van der Waals surface area contributed by atoms with Gasteiger partial charge in [-0.05, 0) is 18.2 Å². The largest absolute Gasteiger partial charge is 0.508 e. The molecule has 7 heteroatoms. The summed E-state index contributed by atoms with van der Waals surface area (Å²) in [5.41, 5.74) is 0.419. The molecule has 1 amide bonds. The van der Waals surface area contributed by atoms with Crippen molar-refractivity contribution >= 4 is 40.3 Å². The average Bonchev–Trinajstić information content (AvgIpc) is 2.61. The number of phenolic OH excluding ortho intramolecular Hbond substituents is 2. The van der Waals surface area contributed by atoms with Crippen LogP contribution in [0.2, 0.25) is 0 Å². The number of amides is 1. The van der Waals surface area contributed by atoms with Gasteiger partial charge in [-0.3, -0.25) is 9.69 Å². The van der Waals surface area contributed by atoms with Crippen molar-refractivity contribution in [1.29, 1.82) is 0 Å². The standard InChI is InChI=1S/C12H11NO4S2/c14-4-3-13-11(17)10(19-12(13)18)5-7-1-2-8(15)6-9(7)16/h1-2,5-6,14-16H,3-4H2/b10-5-. The zero-order valence-corrected chi connectivity index (χ0v) is 11.4. The number of aliphatic hydroxyl groups is 1. The fraction of sp³-hybridized carbons (Fsp3) is 0.167. The minimum Gasteiger partial charge on any atom is -0.508 e. The molecule has 0 spiro atoms. The Hall–Kier alpha value is -1.57. The first-order valence-electron chi connectivity index (χ1n) is 5.41. The number of hydrogen-bond donors (Lipinski definition) is 3. The first kappa shape index (κ1) is 13.9. The van der Waals surface area contributed by atoms with E-state index < -0.39 is 0 Å². The van der Waals surface area contributed by atoms with E-state index in [4.69, 9.17) is 17.3 Å². The number of carbonyl (C=O) groups is 1. The second-order valence-corrected chi connectivity index (χ2v) is 5.48. The fourth-order valence-electron chi connectivity index (χ4n) is 1.59. The van der Waals surface area contributed by atoms with Gasteiger partial charge in [-0.2, -0.15) is 0 Å². The number of β-amino-alcohol motifs (C(OH)–C–C–N with tert-alkyl or cyclic N) is 1. The molecular formula is C12H11NO4S2. The van der Waals surface area contributed by atoms with Gasteiger partial charge in [0.05, 0.1) is 18.1 Å². The molecule has 100 valence electrons. The Labute approximate surface area is 119 Å². The molecular weight excluding hydrogens is 286 g/mol. The number of hydrogen-bond acceptors (Lipinski definition) is 6. The first-order chi connectivity index (χ1) is 9.02. The summed E-state index contributed by atoms with van der Waals surface area (Å²) in [5.74, 6) is -0.466. The zero-order valence-electron chi connectivity index (χ0n) is 9.74. The molecule has 3 N–H and O–H groups in total. The van der Waals surface area contributed by atoms with Crippen molar-refractivity contribution in [2.75, 3.05) is 13.2 Å². The number of aromatic hydroxyl groups is 2. The van der Waals surface area contributed by atoms with Crippen molar-refractivity contribution in [3.63, 3.8) is 0 Å². The van der Waals surface area contributed by atoms with Crippen LogP contribution < -0.4 is 0 Å². The molecule has 0 atom stereocenters. The highest BCUT2D eigenvalue weighted by Crippen LogP contribution is 2.34. The number of aliphatic hydroxyl groups excluding tert-OH is 1. The lowest BCUT2D eigenvalue weighted by atomic mass is 10.1. The summed E-state index contributed by atoms with van der Waals surface area (Å²) in [5, 5.41) is 27.7. The summed E-state index contributed by atoms with van der Waals surface area (Å²) < 4.78 is 0.378. The Morgan fingerprint density at radius 1 is 1.37 bits per heavy atom. The van der Waals surface area contributed by atoms with Crippen LogP contribution in [-0.4, -0.2) is 43.6 Å². The van der Waals surface area contributed by atoms with Gasteiger partial charge >= 0.3 is 0 Å². The number of carbonyl (C=O) groups excluding carboxylic acids is 1. The Morgan fingerprint density at radius 2 is 2.11 bits per heavy atom. The Bertz CT molecular complexity index is 571. The Balaban J connectivity index is 2.30. The molecule has 19 heavy (non-hydrogen) atoms. The number of benzene rings is 1. The summed E-state index contributed by atoms with van der Waals surface area (Å²) in [6, 6.07) is 4.11. The SMILES string of the molecule is O=C1/C(=C/c2ccc(O)cc2O)SC(=S)N1CCO. The maximum Gasteiger partial charge on any atom is 0.266 e. The summed E-state index contributed by atoms with van der Waals surface area (Å²) in [7, 11) is 0. The smallest absolute Gasteiger partial charge is 0.266 e. The van der Waals surface area contributed by atoms with E-state index in [1.54, 1.807) is 0 Å². The maximum atomic E-state index is 12.0. The summed E-state index contributed by atoms with van der Waals surface area (Å²) >= 11 is 6.16. The Morgan fingerprint density at radius 3 is 2.74 bits per heavy atom. The van der Waals surface area contributed by atoms with Gasteiger partial charge in [0.1, 0.15) is 15.8 Å². The molecule has 1 aromatic rings. The predicted octanol–water partition coefficient (Wildman–Crippen LogP) is 1.29. The van der Waals surface area contributed by atoms with Gasteiger partial charge in [0.25, 0.3) is 5.91 Å². The van der Waals surface area contributed by atoms with E-state index in [9.17, 15) is 15.0 Å². The molecule has 1 aliphatic heterocycles. The molecule has 1 aliphatic rings. The third-order valence-corrected chi connectivity index (χ3v) is 3.88. The van der Waals surface area contributed by atoms with Gasteiger partial charge < -0.3 is 15.3 Å². The van der Waals surface area contributed by atoms with Crippen LogP contribution in [0.5, 0.6) is 11.5 Å². The van der Waals surface area contributed by atoms with E-state index in [0.29, 0.717) is 14.8 Å². The average molecular weight is 297 g/mol. The van der Waals surface area contributed by atoms with Crippen LogP contribution >= 0.6 is 24.0 Å². The van der Waals surface area contributed by atoms with Crippen LogP contribution in [0.3, 0.4) is 0 Å². The second-order valence-electron chi connectivity index (χ2n) is 3.80. The van der Waals surface area contributed by atoms with Gasteiger partial charge in [-0.1, -0.05) is 24.0 Å².